The second-order valence-electron chi connectivity index (χ2n) is 24.8. The molecule has 0 aliphatic rings. The summed E-state index contributed by atoms with van der Waals surface area (Å²) >= 11 is 0. The minimum Gasteiger partial charge on any atom is -0.462 e. The van der Waals surface area contributed by atoms with Crippen molar-refractivity contribution in [1.29, 1.82) is 0 Å². The molecule has 0 rings (SSSR count). The van der Waals surface area contributed by atoms with Gasteiger partial charge in [0.05, 0.1) is 0 Å². The van der Waals surface area contributed by atoms with Crippen molar-refractivity contribution in [3.8, 4) is 0 Å². The van der Waals surface area contributed by atoms with Gasteiger partial charge in [0.25, 0.3) is 0 Å². The van der Waals surface area contributed by atoms with Crippen LogP contribution in [0, 0.1) is 0 Å². The molecule has 1 unspecified atom stereocenters. The molecule has 0 saturated carbocycles. The molecule has 1 atom stereocenters. The van der Waals surface area contributed by atoms with Gasteiger partial charge in [-0.3, -0.25) is 14.4 Å². The Hall–Kier alpha value is -2.89. The molecule has 6 heteroatoms. The quantitative estimate of drug-likeness (QED) is 0.0261. The van der Waals surface area contributed by atoms with E-state index in [1.165, 1.54) is 263 Å². The van der Waals surface area contributed by atoms with Crippen molar-refractivity contribution in [2.24, 2.45) is 0 Å². The topological polar surface area (TPSA) is 78.9 Å². The lowest BCUT2D eigenvalue weighted by Gasteiger charge is -2.18. The summed E-state index contributed by atoms with van der Waals surface area (Å²) in [6, 6.07) is 0. The second kappa shape index (κ2) is 71.6. The molecule has 0 aliphatic carbocycles. The zero-order valence-corrected chi connectivity index (χ0v) is 55.7. The molecule has 0 radical (unpaired) electrons. The molecule has 0 aromatic carbocycles. The SMILES string of the molecule is CCC/C=C\C/C=C\CCCCCCCC(=O)OCC(COC(=O)CCCCCCCCCCCCCCCCC/C=C\CCCCCCCCCC)OC(=O)CCCCCCCCCCCCCCC/C=C\C/C=C\CCCCCCC. The number of unbranched alkanes of at least 4 members (excludes halogenated alkanes) is 47. The van der Waals surface area contributed by atoms with E-state index in [2.05, 4.69) is 81.5 Å². The van der Waals surface area contributed by atoms with Gasteiger partial charge in [-0.05, 0) is 103 Å². The number of carbonyl (C=O) groups excluding carboxylic acids is 3. The highest BCUT2D eigenvalue weighted by Gasteiger charge is 2.19. The van der Waals surface area contributed by atoms with Crippen LogP contribution in [0.15, 0.2) is 60.8 Å². The normalized spacial score (nSPS) is 12.4. The maximum Gasteiger partial charge on any atom is 0.306 e. The van der Waals surface area contributed by atoms with Crippen molar-refractivity contribution < 1.29 is 28.6 Å². The molecule has 0 bridgehead atoms. The summed E-state index contributed by atoms with van der Waals surface area (Å²) in [4.78, 5) is 38.5. The largest absolute Gasteiger partial charge is 0.462 e. The van der Waals surface area contributed by atoms with E-state index < -0.39 is 6.10 Å². The smallest absolute Gasteiger partial charge is 0.306 e. The molecule has 0 spiro atoms. The average molecular weight is 1160 g/mol. The Morgan fingerprint density at radius 3 is 0.723 bits per heavy atom. The van der Waals surface area contributed by atoms with Crippen LogP contribution in [0.5, 0.6) is 0 Å². The molecule has 0 saturated heterocycles. The first-order valence-corrected chi connectivity index (χ1v) is 36.8. The van der Waals surface area contributed by atoms with E-state index in [0.29, 0.717) is 19.3 Å². The molecule has 0 aliphatic heterocycles. The predicted octanol–water partition coefficient (Wildman–Crippen LogP) is 25.5. The molecule has 83 heavy (non-hydrogen) atoms. The Bertz CT molecular complexity index is 1470. The molecule has 0 aromatic rings. The van der Waals surface area contributed by atoms with E-state index in [9.17, 15) is 14.4 Å². The van der Waals surface area contributed by atoms with Crippen molar-refractivity contribution in [2.45, 2.75) is 399 Å². The third kappa shape index (κ3) is 69.8. The van der Waals surface area contributed by atoms with Gasteiger partial charge in [0.1, 0.15) is 13.2 Å². The first-order valence-electron chi connectivity index (χ1n) is 36.8. The van der Waals surface area contributed by atoms with Gasteiger partial charge in [-0.2, -0.15) is 0 Å². The van der Waals surface area contributed by atoms with Gasteiger partial charge in [-0.1, -0.05) is 332 Å². The van der Waals surface area contributed by atoms with Crippen molar-refractivity contribution in [3.63, 3.8) is 0 Å². The van der Waals surface area contributed by atoms with Crippen LogP contribution < -0.4 is 0 Å². The predicted molar refractivity (Wildman–Crippen MR) is 362 cm³/mol. The fraction of sp³-hybridized carbons (Fsp3) is 0.831. The number of ether oxygens (including phenoxy) is 3. The monoisotopic (exact) mass is 1160 g/mol. The number of esters is 3. The zero-order valence-electron chi connectivity index (χ0n) is 55.7. The van der Waals surface area contributed by atoms with Gasteiger partial charge in [0.15, 0.2) is 6.10 Å². The first kappa shape index (κ1) is 80.1. The molecular formula is C77H140O6. The van der Waals surface area contributed by atoms with E-state index in [4.69, 9.17) is 14.2 Å². The summed E-state index contributed by atoms with van der Waals surface area (Å²) in [5.74, 6) is -0.867. The standard InChI is InChI=1S/C77H140O6/c1-4-7-10-13-16-19-22-25-27-29-31-33-35-37-38-40-41-43-45-47-49-52-55-58-61-64-67-70-76(79)82-73-74(72-81-75(78)69-66-63-60-57-54-51-24-21-18-15-12-9-6-3)83-77(80)71-68-65-62-59-56-53-50-48-46-44-42-39-36-34-32-30-28-26-23-20-17-14-11-8-5-2/h12,15,21,23-24,26,29-32,74H,4-11,13-14,16-20,22,25,27-28,33-73H2,1-3H3/b15-12-,24-21-,26-23-,31-29-,32-30-. The summed E-state index contributed by atoms with van der Waals surface area (Å²) in [5, 5.41) is 0. The Morgan fingerprint density at radius 1 is 0.241 bits per heavy atom. The van der Waals surface area contributed by atoms with Crippen molar-refractivity contribution in [1.82, 2.24) is 0 Å². The van der Waals surface area contributed by atoms with Gasteiger partial charge in [0, 0.05) is 19.3 Å². The lowest BCUT2D eigenvalue weighted by molar-refractivity contribution is -0.167. The van der Waals surface area contributed by atoms with Crippen LogP contribution in [-0.4, -0.2) is 37.2 Å². The third-order valence-corrected chi connectivity index (χ3v) is 16.4. The summed E-state index contributed by atoms with van der Waals surface area (Å²) in [5.41, 5.74) is 0. The van der Waals surface area contributed by atoms with Gasteiger partial charge in [0.2, 0.25) is 0 Å². The molecule has 484 valence electrons. The van der Waals surface area contributed by atoms with Crippen molar-refractivity contribution in [3.05, 3.63) is 60.8 Å². The van der Waals surface area contributed by atoms with Crippen LogP contribution >= 0.6 is 0 Å². The highest BCUT2D eigenvalue weighted by molar-refractivity contribution is 5.71. The fourth-order valence-corrected chi connectivity index (χ4v) is 10.9. The number of carbonyl (C=O) groups is 3. The summed E-state index contributed by atoms with van der Waals surface area (Å²) in [6.45, 7) is 6.62. The Kier molecular flexibility index (Phi) is 69.1. The highest BCUT2D eigenvalue weighted by Crippen LogP contribution is 2.18. The fourth-order valence-electron chi connectivity index (χ4n) is 10.9. The van der Waals surface area contributed by atoms with Crippen molar-refractivity contribution >= 4 is 17.9 Å². The summed E-state index contributed by atoms with van der Waals surface area (Å²) < 4.78 is 17.0. The molecule has 0 amide bonds. The molecule has 0 fully saturated rings. The van der Waals surface area contributed by atoms with E-state index in [-0.39, 0.29) is 31.1 Å². The molecule has 0 N–H and O–H groups in total. The van der Waals surface area contributed by atoms with Crippen LogP contribution in [0.1, 0.15) is 393 Å². The Balaban J connectivity index is 4.22. The number of rotatable bonds is 68. The van der Waals surface area contributed by atoms with Gasteiger partial charge < -0.3 is 14.2 Å². The van der Waals surface area contributed by atoms with E-state index >= 15 is 0 Å². The summed E-state index contributed by atoms with van der Waals surface area (Å²) in [7, 11) is 0. The van der Waals surface area contributed by atoms with E-state index in [0.717, 1.165) is 89.9 Å². The number of hydrogen-bond acceptors (Lipinski definition) is 6. The molecule has 0 heterocycles. The summed E-state index contributed by atoms with van der Waals surface area (Å²) in [6.07, 6.45) is 92.6. The van der Waals surface area contributed by atoms with Crippen LogP contribution in [0.4, 0.5) is 0 Å². The van der Waals surface area contributed by atoms with Gasteiger partial charge in [-0.25, -0.2) is 0 Å². The first-order chi connectivity index (χ1) is 41.0. The average Bonchev–Trinajstić information content (AvgIpc) is 3.49. The van der Waals surface area contributed by atoms with Gasteiger partial charge in [-0.15, -0.1) is 0 Å². The molecule has 0 aromatic heterocycles. The highest BCUT2D eigenvalue weighted by atomic mass is 16.6. The third-order valence-electron chi connectivity index (χ3n) is 16.4. The number of allylic oxidation sites excluding steroid dienone is 10. The van der Waals surface area contributed by atoms with E-state index in [1.807, 2.05) is 0 Å². The Morgan fingerprint density at radius 2 is 0.458 bits per heavy atom. The lowest BCUT2D eigenvalue weighted by atomic mass is 10.0. The van der Waals surface area contributed by atoms with Gasteiger partial charge >= 0.3 is 17.9 Å². The van der Waals surface area contributed by atoms with Crippen LogP contribution in [-0.2, 0) is 28.6 Å². The molecule has 6 nitrogen and oxygen atoms in total. The van der Waals surface area contributed by atoms with Crippen LogP contribution in [0.2, 0.25) is 0 Å². The van der Waals surface area contributed by atoms with Crippen LogP contribution in [0.25, 0.3) is 0 Å². The number of hydrogen-bond donors (Lipinski definition) is 0. The minimum atomic E-state index is -0.781. The maximum absolute atomic E-state index is 13.0. The lowest BCUT2D eigenvalue weighted by Crippen LogP contribution is -2.30. The molecular weight excluding hydrogens is 1020 g/mol. The Labute approximate surface area is 517 Å². The minimum absolute atomic E-state index is 0.0755. The van der Waals surface area contributed by atoms with E-state index in [1.54, 1.807) is 0 Å². The zero-order chi connectivity index (χ0) is 59.9. The maximum atomic E-state index is 13.0. The van der Waals surface area contributed by atoms with Crippen molar-refractivity contribution in [2.75, 3.05) is 13.2 Å². The second-order valence-corrected chi connectivity index (χ2v) is 24.8. The van der Waals surface area contributed by atoms with Crippen LogP contribution in [0.3, 0.4) is 0 Å².